The maximum absolute atomic E-state index is 12.6. The van der Waals surface area contributed by atoms with Gasteiger partial charge in [0.05, 0.1) is 12.8 Å². The van der Waals surface area contributed by atoms with E-state index in [0.717, 1.165) is 21.9 Å². The molecule has 3 nitrogen and oxygen atoms in total. The number of hydrogen-bond acceptors (Lipinski definition) is 3. The molecule has 0 radical (unpaired) electrons. The molecular weight excluding hydrogens is 294 g/mol. The van der Waals surface area contributed by atoms with E-state index in [1.165, 1.54) is 0 Å². The molecule has 2 aromatic rings. The smallest absolute Gasteiger partial charge is 0.228 e. The standard InChI is InChI=1S/C18H19NO2S/c1-3-19-15-6-4-5-7-16(15)22-17(12-18(19)20)13-8-10-14(21-2)11-9-13/h4-11,17H,3,12H2,1-2H3/t17-/m1/s1. The first-order chi connectivity index (χ1) is 10.7. The van der Waals surface area contributed by atoms with E-state index in [1.807, 2.05) is 54.3 Å². The molecule has 4 heteroatoms. The molecule has 0 N–H and O–H groups in total. The minimum absolute atomic E-state index is 0.135. The highest BCUT2D eigenvalue weighted by molar-refractivity contribution is 7.99. The van der Waals surface area contributed by atoms with Gasteiger partial charge in [-0.1, -0.05) is 24.3 Å². The Labute approximate surface area is 135 Å². The molecule has 0 saturated carbocycles. The lowest BCUT2D eigenvalue weighted by Crippen LogP contribution is -2.30. The summed E-state index contributed by atoms with van der Waals surface area (Å²) in [6.45, 7) is 2.72. The molecule has 0 saturated heterocycles. The minimum atomic E-state index is 0.135. The zero-order valence-corrected chi connectivity index (χ0v) is 13.6. The Morgan fingerprint density at radius 2 is 1.91 bits per heavy atom. The molecule has 1 aliphatic rings. The Hall–Kier alpha value is -1.94. The molecule has 1 atom stereocenters. The van der Waals surface area contributed by atoms with Crippen LogP contribution in [0.1, 0.15) is 24.2 Å². The molecule has 0 aliphatic carbocycles. The lowest BCUT2D eigenvalue weighted by atomic mass is 10.1. The summed E-state index contributed by atoms with van der Waals surface area (Å²) in [6, 6.07) is 16.1. The van der Waals surface area contributed by atoms with Gasteiger partial charge in [0.1, 0.15) is 5.75 Å². The van der Waals surface area contributed by atoms with Gasteiger partial charge in [0.25, 0.3) is 0 Å². The summed E-state index contributed by atoms with van der Waals surface area (Å²) in [6.07, 6.45) is 0.513. The maximum atomic E-state index is 12.6. The molecule has 1 amide bonds. The van der Waals surface area contributed by atoms with Crippen LogP contribution in [-0.4, -0.2) is 19.6 Å². The first-order valence-corrected chi connectivity index (χ1v) is 8.31. The molecule has 2 aromatic carbocycles. The second-order valence-corrected chi connectivity index (χ2v) is 6.43. The van der Waals surface area contributed by atoms with Gasteiger partial charge in [0, 0.05) is 23.1 Å². The highest BCUT2D eigenvalue weighted by Crippen LogP contribution is 2.45. The van der Waals surface area contributed by atoms with Gasteiger partial charge >= 0.3 is 0 Å². The number of nitrogens with zero attached hydrogens (tertiary/aromatic N) is 1. The van der Waals surface area contributed by atoms with Crippen molar-refractivity contribution in [2.45, 2.75) is 23.5 Å². The van der Waals surface area contributed by atoms with Crippen molar-refractivity contribution in [3.63, 3.8) is 0 Å². The van der Waals surface area contributed by atoms with E-state index >= 15 is 0 Å². The third-order valence-electron chi connectivity index (χ3n) is 3.89. The summed E-state index contributed by atoms with van der Waals surface area (Å²) in [5.74, 6) is 1.02. The number of carbonyl (C=O) groups is 1. The second-order valence-electron chi connectivity index (χ2n) is 5.19. The zero-order chi connectivity index (χ0) is 15.5. The van der Waals surface area contributed by atoms with Crippen molar-refractivity contribution in [1.82, 2.24) is 0 Å². The number of carbonyl (C=O) groups excluding carboxylic acids is 1. The Bertz CT molecular complexity index is 669. The normalized spacial score (nSPS) is 17.8. The molecule has 22 heavy (non-hydrogen) atoms. The van der Waals surface area contributed by atoms with Crippen LogP contribution in [0.3, 0.4) is 0 Å². The van der Waals surface area contributed by atoms with Crippen LogP contribution in [0, 0.1) is 0 Å². The topological polar surface area (TPSA) is 29.5 Å². The van der Waals surface area contributed by atoms with Crippen LogP contribution < -0.4 is 9.64 Å². The fraction of sp³-hybridized carbons (Fsp3) is 0.278. The van der Waals surface area contributed by atoms with E-state index in [2.05, 4.69) is 6.07 Å². The van der Waals surface area contributed by atoms with Gasteiger partial charge in [-0.2, -0.15) is 0 Å². The lowest BCUT2D eigenvalue weighted by molar-refractivity contribution is -0.118. The van der Waals surface area contributed by atoms with E-state index in [1.54, 1.807) is 18.9 Å². The van der Waals surface area contributed by atoms with Crippen molar-refractivity contribution < 1.29 is 9.53 Å². The highest BCUT2D eigenvalue weighted by atomic mass is 32.2. The molecule has 0 spiro atoms. The van der Waals surface area contributed by atoms with E-state index in [4.69, 9.17) is 4.74 Å². The first kappa shape index (κ1) is 15.0. The average Bonchev–Trinajstić information content (AvgIpc) is 2.70. The lowest BCUT2D eigenvalue weighted by Gasteiger charge is -2.20. The van der Waals surface area contributed by atoms with Gasteiger partial charge in [0.15, 0.2) is 0 Å². The number of methoxy groups -OCH3 is 1. The summed E-state index contributed by atoms with van der Waals surface area (Å²) in [4.78, 5) is 15.6. The monoisotopic (exact) mass is 313 g/mol. The summed E-state index contributed by atoms with van der Waals surface area (Å²) < 4.78 is 5.21. The number of ether oxygens (including phenoxy) is 1. The first-order valence-electron chi connectivity index (χ1n) is 7.43. The number of fused-ring (bicyclic) bond motifs is 1. The van der Waals surface area contributed by atoms with Gasteiger partial charge in [0.2, 0.25) is 5.91 Å². The van der Waals surface area contributed by atoms with Crippen LogP contribution in [0.2, 0.25) is 0 Å². The Morgan fingerprint density at radius 1 is 1.18 bits per heavy atom. The highest BCUT2D eigenvalue weighted by Gasteiger charge is 2.28. The zero-order valence-electron chi connectivity index (χ0n) is 12.8. The van der Waals surface area contributed by atoms with Crippen molar-refractivity contribution in [2.75, 3.05) is 18.6 Å². The molecule has 1 heterocycles. The molecule has 114 valence electrons. The Kier molecular flexibility index (Phi) is 4.39. The minimum Gasteiger partial charge on any atom is -0.497 e. The summed E-state index contributed by atoms with van der Waals surface area (Å²) in [5.41, 5.74) is 2.18. The van der Waals surface area contributed by atoms with Gasteiger partial charge in [-0.25, -0.2) is 0 Å². The summed E-state index contributed by atoms with van der Waals surface area (Å²) in [7, 11) is 1.66. The molecule has 0 bridgehead atoms. The SMILES string of the molecule is CCN1C(=O)C[C@H](c2ccc(OC)cc2)Sc2ccccc21. The van der Waals surface area contributed by atoms with E-state index in [-0.39, 0.29) is 11.2 Å². The number of amides is 1. The number of para-hydroxylation sites is 1. The number of thioether (sulfide) groups is 1. The molecule has 0 fully saturated rings. The summed E-state index contributed by atoms with van der Waals surface area (Å²) >= 11 is 1.76. The predicted molar refractivity (Wildman–Crippen MR) is 90.7 cm³/mol. The van der Waals surface area contributed by atoms with Crippen LogP contribution in [0.25, 0.3) is 0 Å². The third-order valence-corrected chi connectivity index (χ3v) is 5.21. The van der Waals surface area contributed by atoms with Gasteiger partial charge in [-0.05, 0) is 36.8 Å². The van der Waals surface area contributed by atoms with E-state index in [0.29, 0.717) is 13.0 Å². The molecule has 1 aliphatic heterocycles. The predicted octanol–water partition coefficient (Wildman–Crippen LogP) is 4.29. The second kappa shape index (κ2) is 6.44. The van der Waals surface area contributed by atoms with Crippen molar-refractivity contribution in [2.24, 2.45) is 0 Å². The Morgan fingerprint density at radius 3 is 2.59 bits per heavy atom. The van der Waals surface area contributed by atoms with E-state index < -0.39 is 0 Å². The van der Waals surface area contributed by atoms with Gasteiger partial charge in [-0.15, -0.1) is 11.8 Å². The van der Waals surface area contributed by atoms with Crippen LogP contribution in [0.5, 0.6) is 5.75 Å². The fourth-order valence-corrected chi connectivity index (χ4v) is 4.01. The van der Waals surface area contributed by atoms with E-state index in [9.17, 15) is 4.79 Å². The molecule has 3 rings (SSSR count). The largest absolute Gasteiger partial charge is 0.497 e. The molecular formula is C18H19NO2S. The van der Waals surface area contributed by atoms with Gasteiger partial charge < -0.3 is 9.64 Å². The average molecular weight is 313 g/mol. The summed E-state index contributed by atoms with van der Waals surface area (Å²) in [5, 5.41) is 0.135. The third kappa shape index (κ3) is 2.83. The van der Waals surface area contributed by atoms with Gasteiger partial charge in [-0.3, -0.25) is 4.79 Å². The number of hydrogen-bond donors (Lipinski definition) is 0. The van der Waals surface area contributed by atoms with Crippen molar-refractivity contribution >= 4 is 23.4 Å². The Balaban J connectivity index is 1.96. The number of benzene rings is 2. The van der Waals surface area contributed by atoms with Crippen molar-refractivity contribution in [1.29, 1.82) is 0 Å². The molecule has 0 unspecified atom stereocenters. The molecule has 0 aromatic heterocycles. The van der Waals surface area contributed by atoms with Crippen molar-refractivity contribution in [3.8, 4) is 5.75 Å². The number of rotatable bonds is 3. The maximum Gasteiger partial charge on any atom is 0.228 e. The quantitative estimate of drug-likeness (QED) is 0.847. The fourth-order valence-electron chi connectivity index (χ4n) is 2.73. The van der Waals surface area contributed by atoms with Crippen LogP contribution in [-0.2, 0) is 4.79 Å². The van der Waals surface area contributed by atoms with Crippen molar-refractivity contribution in [3.05, 3.63) is 54.1 Å². The van der Waals surface area contributed by atoms with Crippen LogP contribution in [0.4, 0.5) is 5.69 Å². The van der Waals surface area contributed by atoms with Crippen LogP contribution >= 0.6 is 11.8 Å². The van der Waals surface area contributed by atoms with Crippen LogP contribution in [0.15, 0.2) is 53.4 Å². The number of anilines is 1.